The molecular formula is C15H19BrO3. The summed E-state index contributed by atoms with van der Waals surface area (Å²) in [6.45, 7) is 1.37. The Morgan fingerprint density at radius 1 is 1.05 bits per heavy atom. The van der Waals surface area contributed by atoms with Crippen molar-refractivity contribution in [2.45, 2.75) is 43.5 Å². The largest absolute Gasteiger partial charge is 0.390 e. The predicted molar refractivity (Wildman–Crippen MR) is 75.9 cm³/mol. The maximum atomic E-state index is 10.8. The average Bonchev–Trinajstić information content (AvgIpc) is 2.86. The van der Waals surface area contributed by atoms with Gasteiger partial charge in [-0.3, -0.25) is 0 Å². The van der Waals surface area contributed by atoms with Gasteiger partial charge in [-0.1, -0.05) is 34.1 Å². The standard InChI is InChI=1S/C15H19BrO3/c16-13-4-2-1-3-12(13)11-14(17)5-7-15(8-6-14)18-9-10-19-15/h1-4,17H,5-11H2. The minimum Gasteiger partial charge on any atom is -0.390 e. The second-order valence-electron chi connectivity index (χ2n) is 5.60. The average molecular weight is 327 g/mol. The molecule has 2 aliphatic rings. The van der Waals surface area contributed by atoms with Crippen LogP contribution in [0.3, 0.4) is 0 Å². The molecule has 104 valence electrons. The molecule has 1 saturated heterocycles. The maximum absolute atomic E-state index is 10.8. The van der Waals surface area contributed by atoms with Crippen LogP contribution in [0.5, 0.6) is 0 Å². The highest BCUT2D eigenvalue weighted by Gasteiger charge is 2.45. The van der Waals surface area contributed by atoms with Gasteiger partial charge in [0.25, 0.3) is 0 Å². The lowest BCUT2D eigenvalue weighted by Crippen LogP contribution is -2.44. The van der Waals surface area contributed by atoms with E-state index in [4.69, 9.17) is 9.47 Å². The van der Waals surface area contributed by atoms with Gasteiger partial charge in [0.2, 0.25) is 0 Å². The quantitative estimate of drug-likeness (QED) is 0.907. The van der Waals surface area contributed by atoms with Gasteiger partial charge in [0.05, 0.1) is 18.8 Å². The fourth-order valence-corrected chi connectivity index (χ4v) is 3.48. The first kappa shape index (κ1) is 13.6. The lowest BCUT2D eigenvalue weighted by molar-refractivity contribution is -0.202. The molecule has 2 fully saturated rings. The van der Waals surface area contributed by atoms with Crippen molar-refractivity contribution in [2.24, 2.45) is 0 Å². The molecule has 0 unspecified atom stereocenters. The molecule has 1 spiro atoms. The Bertz CT molecular complexity index is 444. The number of ether oxygens (including phenoxy) is 2. The summed E-state index contributed by atoms with van der Waals surface area (Å²) < 4.78 is 12.5. The van der Waals surface area contributed by atoms with E-state index in [1.165, 1.54) is 0 Å². The van der Waals surface area contributed by atoms with Gasteiger partial charge in [-0.25, -0.2) is 0 Å². The van der Waals surface area contributed by atoms with Crippen LogP contribution in [0, 0.1) is 0 Å². The summed E-state index contributed by atoms with van der Waals surface area (Å²) in [6, 6.07) is 8.09. The van der Waals surface area contributed by atoms with Crippen LogP contribution in [0.2, 0.25) is 0 Å². The number of aliphatic hydroxyl groups is 1. The second kappa shape index (κ2) is 5.17. The van der Waals surface area contributed by atoms with Gasteiger partial charge in [0.1, 0.15) is 0 Å². The van der Waals surface area contributed by atoms with E-state index in [0.29, 0.717) is 19.6 Å². The second-order valence-corrected chi connectivity index (χ2v) is 6.45. The zero-order chi connectivity index (χ0) is 13.3. The van der Waals surface area contributed by atoms with Gasteiger partial charge in [0, 0.05) is 23.7 Å². The molecule has 1 N–H and O–H groups in total. The van der Waals surface area contributed by atoms with Gasteiger partial charge in [0.15, 0.2) is 5.79 Å². The Morgan fingerprint density at radius 2 is 1.68 bits per heavy atom. The molecule has 1 aliphatic heterocycles. The fourth-order valence-electron chi connectivity index (χ4n) is 3.05. The van der Waals surface area contributed by atoms with Crippen molar-refractivity contribution >= 4 is 15.9 Å². The molecule has 1 saturated carbocycles. The van der Waals surface area contributed by atoms with E-state index < -0.39 is 11.4 Å². The minimum absolute atomic E-state index is 0.403. The van der Waals surface area contributed by atoms with Crippen molar-refractivity contribution in [1.29, 1.82) is 0 Å². The lowest BCUT2D eigenvalue weighted by atomic mass is 9.78. The number of hydrogen-bond donors (Lipinski definition) is 1. The molecule has 1 aromatic rings. The predicted octanol–water partition coefficient (Wildman–Crippen LogP) is 3.04. The first-order valence-electron chi connectivity index (χ1n) is 6.85. The van der Waals surface area contributed by atoms with Gasteiger partial charge in [-0.05, 0) is 24.5 Å². The molecule has 0 aromatic heterocycles. The van der Waals surface area contributed by atoms with Crippen LogP contribution in [-0.4, -0.2) is 29.7 Å². The van der Waals surface area contributed by atoms with Crippen LogP contribution < -0.4 is 0 Å². The van der Waals surface area contributed by atoms with Crippen LogP contribution in [0.1, 0.15) is 31.2 Å². The minimum atomic E-state index is -0.634. The number of rotatable bonds is 2. The highest BCUT2D eigenvalue weighted by molar-refractivity contribution is 9.10. The van der Waals surface area contributed by atoms with Crippen LogP contribution in [0.4, 0.5) is 0 Å². The third-order valence-electron chi connectivity index (χ3n) is 4.23. The van der Waals surface area contributed by atoms with Crippen LogP contribution in [0.15, 0.2) is 28.7 Å². The van der Waals surface area contributed by atoms with Gasteiger partial charge in [-0.2, -0.15) is 0 Å². The van der Waals surface area contributed by atoms with E-state index in [-0.39, 0.29) is 0 Å². The van der Waals surface area contributed by atoms with Crippen LogP contribution in [-0.2, 0) is 15.9 Å². The number of halogens is 1. The van der Waals surface area contributed by atoms with Crippen LogP contribution in [0.25, 0.3) is 0 Å². The SMILES string of the molecule is OC1(Cc2ccccc2Br)CCC2(CC1)OCCO2. The van der Waals surface area contributed by atoms with Crippen molar-refractivity contribution in [2.75, 3.05) is 13.2 Å². The van der Waals surface area contributed by atoms with Crippen molar-refractivity contribution < 1.29 is 14.6 Å². The van der Waals surface area contributed by atoms with Gasteiger partial charge in [-0.15, -0.1) is 0 Å². The van der Waals surface area contributed by atoms with Gasteiger partial charge < -0.3 is 14.6 Å². The molecule has 0 radical (unpaired) electrons. The lowest BCUT2D eigenvalue weighted by Gasteiger charge is -2.40. The topological polar surface area (TPSA) is 38.7 Å². The molecule has 0 bridgehead atoms. The molecule has 1 aliphatic carbocycles. The van der Waals surface area contributed by atoms with E-state index in [1.54, 1.807) is 0 Å². The highest BCUT2D eigenvalue weighted by Crippen LogP contribution is 2.42. The number of hydrogen-bond acceptors (Lipinski definition) is 3. The Morgan fingerprint density at radius 3 is 2.32 bits per heavy atom. The summed E-state index contributed by atoms with van der Waals surface area (Å²) >= 11 is 3.55. The molecule has 19 heavy (non-hydrogen) atoms. The Labute approximate surface area is 122 Å². The zero-order valence-corrected chi connectivity index (χ0v) is 12.5. The van der Waals surface area contributed by atoms with Crippen LogP contribution >= 0.6 is 15.9 Å². The molecular weight excluding hydrogens is 308 g/mol. The fraction of sp³-hybridized carbons (Fsp3) is 0.600. The summed E-state index contributed by atoms with van der Waals surface area (Å²) in [6.07, 6.45) is 3.72. The van der Waals surface area contributed by atoms with E-state index in [2.05, 4.69) is 22.0 Å². The Hall–Kier alpha value is -0.420. The Balaban J connectivity index is 1.67. The summed E-state index contributed by atoms with van der Waals surface area (Å²) in [5.41, 5.74) is 0.527. The molecule has 4 heteroatoms. The van der Waals surface area contributed by atoms with E-state index >= 15 is 0 Å². The maximum Gasteiger partial charge on any atom is 0.168 e. The van der Waals surface area contributed by atoms with Crippen molar-refractivity contribution in [3.05, 3.63) is 34.3 Å². The summed E-state index contributed by atoms with van der Waals surface area (Å²) in [5, 5.41) is 10.8. The van der Waals surface area contributed by atoms with Crippen molar-refractivity contribution in [3.63, 3.8) is 0 Å². The van der Waals surface area contributed by atoms with E-state index in [1.807, 2.05) is 18.2 Å². The molecule has 3 rings (SSSR count). The first-order chi connectivity index (χ1) is 9.11. The first-order valence-corrected chi connectivity index (χ1v) is 7.64. The molecule has 1 heterocycles. The third-order valence-corrected chi connectivity index (χ3v) is 5.01. The van der Waals surface area contributed by atoms with Crippen molar-refractivity contribution in [1.82, 2.24) is 0 Å². The molecule has 0 atom stereocenters. The number of benzene rings is 1. The van der Waals surface area contributed by atoms with E-state index in [0.717, 1.165) is 35.7 Å². The van der Waals surface area contributed by atoms with Gasteiger partial charge >= 0.3 is 0 Å². The van der Waals surface area contributed by atoms with E-state index in [9.17, 15) is 5.11 Å². The molecule has 3 nitrogen and oxygen atoms in total. The smallest absolute Gasteiger partial charge is 0.168 e. The summed E-state index contributed by atoms with van der Waals surface area (Å²) in [4.78, 5) is 0. The molecule has 1 aromatic carbocycles. The monoisotopic (exact) mass is 326 g/mol. The molecule has 0 amide bonds. The third kappa shape index (κ3) is 2.87. The summed E-state index contributed by atoms with van der Waals surface area (Å²) in [7, 11) is 0. The Kier molecular flexibility index (Phi) is 3.69. The van der Waals surface area contributed by atoms with Crippen molar-refractivity contribution in [3.8, 4) is 0 Å². The normalized spacial score (nSPS) is 24.7. The zero-order valence-electron chi connectivity index (χ0n) is 10.9. The highest BCUT2D eigenvalue weighted by atomic mass is 79.9. The summed E-state index contributed by atoms with van der Waals surface area (Å²) in [5.74, 6) is -0.403.